The summed E-state index contributed by atoms with van der Waals surface area (Å²) in [7, 11) is 0. The van der Waals surface area contributed by atoms with Crippen molar-refractivity contribution in [2.45, 2.75) is 19.8 Å². The zero-order valence-corrected chi connectivity index (χ0v) is 16.4. The number of primary amides is 1. The van der Waals surface area contributed by atoms with Crippen LogP contribution in [0.15, 0.2) is 65.6 Å². The van der Waals surface area contributed by atoms with E-state index in [0.29, 0.717) is 16.8 Å². The van der Waals surface area contributed by atoms with Gasteiger partial charge in [-0.3, -0.25) is 14.4 Å². The van der Waals surface area contributed by atoms with Crippen LogP contribution in [-0.2, 0) is 24.6 Å². The fourth-order valence-electron chi connectivity index (χ4n) is 2.80. The molecule has 1 aromatic heterocycles. The van der Waals surface area contributed by atoms with Gasteiger partial charge < -0.3 is 25.5 Å². The Labute approximate surface area is 176 Å². The number of ether oxygens (including phenoxy) is 1. The van der Waals surface area contributed by atoms with Crippen LogP contribution < -0.4 is 21.2 Å². The second-order valence-electron chi connectivity index (χ2n) is 6.68. The van der Waals surface area contributed by atoms with E-state index in [1.165, 1.54) is 65.4 Å². The molecule has 0 aliphatic heterocycles. The van der Waals surface area contributed by atoms with Crippen molar-refractivity contribution >= 4 is 17.5 Å². The second-order valence-corrected chi connectivity index (χ2v) is 6.68. The highest BCUT2D eigenvalue weighted by Gasteiger charge is 2.12. The van der Waals surface area contributed by atoms with Crippen molar-refractivity contribution in [2.24, 2.45) is 5.73 Å². The molecule has 160 valence electrons. The van der Waals surface area contributed by atoms with E-state index in [2.05, 4.69) is 5.32 Å². The van der Waals surface area contributed by atoms with E-state index in [4.69, 9.17) is 10.5 Å². The van der Waals surface area contributed by atoms with Crippen LogP contribution in [0.3, 0.4) is 0 Å². The van der Waals surface area contributed by atoms with Crippen molar-refractivity contribution in [1.82, 2.24) is 4.57 Å². The molecule has 0 aliphatic rings. The van der Waals surface area contributed by atoms with Crippen molar-refractivity contribution in [3.63, 3.8) is 0 Å². The first-order chi connectivity index (χ1) is 14.9. The minimum atomic E-state index is -0.577. The maximum absolute atomic E-state index is 13.0. The molecule has 2 amide bonds. The number of amides is 2. The van der Waals surface area contributed by atoms with E-state index in [1.54, 1.807) is 0 Å². The molecule has 0 aliphatic carbocycles. The van der Waals surface area contributed by atoms with Crippen LogP contribution in [0.4, 0.5) is 10.1 Å². The topological polar surface area (TPSA) is 124 Å². The molecular formula is C22H20FN3O5. The van der Waals surface area contributed by atoms with Crippen LogP contribution in [0, 0.1) is 5.82 Å². The maximum Gasteiger partial charge on any atom is 0.248 e. The smallest absolute Gasteiger partial charge is 0.248 e. The molecule has 3 rings (SSSR count). The third-order valence-corrected chi connectivity index (χ3v) is 4.42. The monoisotopic (exact) mass is 425 g/mol. The van der Waals surface area contributed by atoms with Crippen LogP contribution in [0.5, 0.6) is 5.75 Å². The van der Waals surface area contributed by atoms with Crippen LogP contribution >= 0.6 is 0 Å². The highest BCUT2D eigenvalue weighted by molar-refractivity contribution is 5.94. The number of aromatic nitrogens is 1. The van der Waals surface area contributed by atoms with Crippen LogP contribution in [0.25, 0.3) is 0 Å². The van der Waals surface area contributed by atoms with Crippen molar-refractivity contribution in [3.05, 3.63) is 93.7 Å². The van der Waals surface area contributed by atoms with Crippen molar-refractivity contribution in [2.75, 3.05) is 5.32 Å². The number of anilines is 1. The molecule has 0 bridgehead atoms. The van der Waals surface area contributed by atoms with Gasteiger partial charge >= 0.3 is 0 Å². The number of rotatable bonds is 8. The molecule has 4 N–H and O–H groups in total. The fraction of sp³-hybridized carbons (Fsp3) is 0.136. The van der Waals surface area contributed by atoms with Gasteiger partial charge in [-0.2, -0.15) is 0 Å². The minimum absolute atomic E-state index is 0.0138. The standard InChI is InChI=1S/C22H20FN3O5/c23-16-5-1-14(2-6-16)13-31-20-10-26(18(12-27)9-19(20)28)11-21(29)25-17-7-3-15(4-8-17)22(24)30/h1-10,27H,11-13H2,(H2,24,30)(H,25,29). The molecule has 0 atom stereocenters. The van der Waals surface area contributed by atoms with E-state index in [9.17, 15) is 23.9 Å². The van der Waals surface area contributed by atoms with Gasteiger partial charge in [-0.25, -0.2) is 4.39 Å². The molecule has 2 aromatic carbocycles. The summed E-state index contributed by atoms with van der Waals surface area (Å²) in [5.74, 6) is -1.39. The maximum atomic E-state index is 13.0. The molecule has 0 fully saturated rings. The Bertz CT molecular complexity index is 1140. The third-order valence-electron chi connectivity index (χ3n) is 4.42. The summed E-state index contributed by atoms with van der Waals surface area (Å²) < 4.78 is 19.9. The molecule has 3 aromatic rings. The molecule has 0 saturated heterocycles. The van der Waals surface area contributed by atoms with Crippen LogP contribution in [-0.4, -0.2) is 21.5 Å². The lowest BCUT2D eigenvalue weighted by Gasteiger charge is -2.14. The second kappa shape index (κ2) is 9.68. The summed E-state index contributed by atoms with van der Waals surface area (Å²) in [4.78, 5) is 35.8. The van der Waals surface area contributed by atoms with Crippen LogP contribution in [0.1, 0.15) is 21.6 Å². The molecular weight excluding hydrogens is 405 g/mol. The molecule has 0 spiro atoms. The predicted octanol–water partition coefficient (Wildman–Crippen LogP) is 1.80. The number of carbonyl (C=O) groups excluding carboxylic acids is 2. The number of aliphatic hydroxyl groups is 1. The van der Waals surface area contributed by atoms with Gasteiger partial charge in [0.1, 0.15) is 19.0 Å². The number of nitrogens with zero attached hydrogens (tertiary/aromatic N) is 1. The van der Waals surface area contributed by atoms with Gasteiger partial charge in [0.15, 0.2) is 5.75 Å². The summed E-state index contributed by atoms with van der Waals surface area (Å²) in [5.41, 5.74) is 6.39. The Morgan fingerprint density at radius 3 is 2.39 bits per heavy atom. The Balaban J connectivity index is 1.72. The van der Waals surface area contributed by atoms with E-state index in [-0.39, 0.29) is 30.4 Å². The number of hydrogen-bond donors (Lipinski definition) is 3. The van der Waals surface area contributed by atoms with Crippen molar-refractivity contribution in [1.29, 1.82) is 0 Å². The van der Waals surface area contributed by atoms with Gasteiger partial charge in [0.2, 0.25) is 17.2 Å². The van der Waals surface area contributed by atoms with Crippen molar-refractivity contribution in [3.8, 4) is 5.75 Å². The van der Waals surface area contributed by atoms with E-state index >= 15 is 0 Å². The SMILES string of the molecule is NC(=O)c1ccc(NC(=O)Cn2cc(OCc3ccc(F)cc3)c(=O)cc2CO)cc1. The summed E-state index contributed by atoms with van der Waals surface area (Å²) in [6.07, 6.45) is 1.34. The van der Waals surface area contributed by atoms with Crippen molar-refractivity contribution < 1.29 is 23.8 Å². The average molecular weight is 425 g/mol. The first-order valence-corrected chi connectivity index (χ1v) is 9.27. The number of carbonyl (C=O) groups is 2. The van der Waals surface area contributed by atoms with Gasteiger partial charge in [0.05, 0.1) is 12.8 Å². The summed E-state index contributed by atoms with van der Waals surface area (Å²) in [6.45, 7) is -0.610. The molecule has 0 radical (unpaired) electrons. The highest BCUT2D eigenvalue weighted by Crippen LogP contribution is 2.13. The van der Waals surface area contributed by atoms with Gasteiger partial charge in [-0.05, 0) is 42.0 Å². The van der Waals surface area contributed by atoms with Gasteiger partial charge in [-0.1, -0.05) is 12.1 Å². The number of aliphatic hydroxyl groups excluding tert-OH is 1. The summed E-state index contributed by atoms with van der Waals surface area (Å²) in [5, 5.41) is 12.2. The van der Waals surface area contributed by atoms with E-state index < -0.39 is 23.9 Å². The highest BCUT2D eigenvalue weighted by atomic mass is 19.1. The Morgan fingerprint density at radius 2 is 1.77 bits per heavy atom. The molecule has 31 heavy (non-hydrogen) atoms. The molecule has 8 nitrogen and oxygen atoms in total. The Kier molecular flexibility index (Phi) is 6.78. The number of pyridine rings is 1. The Hall–Kier alpha value is -3.98. The largest absolute Gasteiger partial charge is 0.483 e. The summed E-state index contributed by atoms with van der Waals surface area (Å²) >= 11 is 0. The van der Waals surface area contributed by atoms with Gasteiger partial charge in [0, 0.05) is 23.0 Å². The molecule has 0 saturated carbocycles. The lowest BCUT2D eigenvalue weighted by molar-refractivity contribution is -0.116. The van der Waals surface area contributed by atoms with E-state index in [0.717, 1.165) is 0 Å². The number of hydrogen-bond acceptors (Lipinski definition) is 5. The number of nitrogens with two attached hydrogens (primary N) is 1. The van der Waals surface area contributed by atoms with E-state index in [1.807, 2.05) is 0 Å². The van der Waals surface area contributed by atoms with Crippen LogP contribution in [0.2, 0.25) is 0 Å². The first-order valence-electron chi connectivity index (χ1n) is 9.27. The van der Waals surface area contributed by atoms with Gasteiger partial charge in [-0.15, -0.1) is 0 Å². The van der Waals surface area contributed by atoms with Gasteiger partial charge in [0.25, 0.3) is 0 Å². The lowest BCUT2D eigenvalue weighted by atomic mass is 10.2. The quantitative estimate of drug-likeness (QED) is 0.508. The normalized spacial score (nSPS) is 10.5. The molecule has 9 heteroatoms. The average Bonchev–Trinajstić information content (AvgIpc) is 2.75. The lowest BCUT2D eigenvalue weighted by Crippen LogP contribution is -2.23. The predicted molar refractivity (Wildman–Crippen MR) is 111 cm³/mol. The molecule has 0 unspecified atom stereocenters. The third kappa shape index (κ3) is 5.77. The summed E-state index contributed by atoms with van der Waals surface area (Å²) in [6, 6.07) is 12.9. The first kappa shape index (κ1) is 21.7. The number of halogens is 1. The fourth-order valence-corrected chi connectivity index (χ4v) is 2.80. The zero-order chi connectivity index (χ0) is 22.4. The number of benzene rings is 2. The minimum Gasteiger partial charge on any atom is -0.483 e. The Morgan fingerprint density at radius 1 is 1.10 bits per heavy atom. The molecule has 1 heterocycles. The number of nitrogens with one attached hydrogen (secondary N) is 1. The zero-order valence-electron chi connectivity index (χ0n) is 16.4.